The zero-order valence-corrected chi connectivity index (χ0v) is 17.8. The number of sulfone groups is 1. The van der Waals surface area contributed by atoms with E-state index in [0.717, 1.165) is 11.1 Å². The topological polar surface area (TPSA) is 77.5 Å². The van der Waals surface area contributed by atoms with Crippen molar-refractivity contribution in [1.29, 1.82) is 0 Å². The number of aryl methyl sites for hydroxylation is 3. The van der Waals surface area contributed by atoms with Crippen LogP contribution in [0.3, 0.4) is 0 Å². The molecule has 0 N–H and O–H groups in total. The molecule has 0 radical (unpaired) electrons. The Morgan fingerprint density at radius 3 is 2.14 bits per heavy atom. The molecule has 6 heteroatoms. The maximum Gasteiger partial charge on any atom is 0.328 e. The second kappa shape index (κ2) is 8.11. The molecular formula is C23H26O5S. The molecule has 3 rings (SSSR count). The van der Waals surface area contributed by atoms with E-state index in [-0.39, 0.29) is 23.5 Å². The van der Waals surface area contributed by atoms with Gasteiger partial charge in [0.15, 0.2) is 27.0 Å². The van der Waals surface area contributed by atoms with Gasteiger partial charge in [-0.2, -0.15) is 0 Å². The fraction of sp³-hybridized carbons (Fsp3) is 0.391. The van der Waals surface area contributed by atoms with Gasteiger partial charge >= 0.3 is 5.97 Å². The van der Waals surface area contributed by atoms with E-state index in [4.69, 9.17) is 4.74 Å². The van der Waals surface area contributed by atoms with E-state index in [9.17, 15) is 18.0 Å². The van der Waals surface area contributed by atoms with Crippen molar-refractivity contribution in [3.63, 3.8) is 0 Å². The molecule has 0 aromatic heterocycles. The molecule has 2 aromatic rings. The van der Waals surface area contributed by atoms with Crippen LogP contribution in [0.2, 0.25) is 0 Å². The molecule has 5 nitrogen and oxygen atoms in total. The summed E-state index contributed by atoms with van der Waals surface area (Å²) in [6.07, 6.45) is 1.68. The van der Waals surface area contributed by atoms with Crippen molar-refractivity contribution in [2.45, 2.75) is 56.1 Å². The summed E-state index contributed by atoms with van der Waals surface area (Å²) in [5, 5.41) is 0. The molecule has 0 bridgehead atoms. The number of Topliss-reactive ketones (excluding diaryl/α,β-unsaturated/α-hetero) is 1. The van der Waals surface area contributed by atoms with Gasteiger partial charge in [0.1, 0.15) is 0 Å². The van der Waals surface area contributed by atoms with Gasteiger partial charge in [0.25, 0.3) is 0 Å². The molecule has 0 aliphatic heterocycles. The van der Waals surface area contributed by atoms with Crippen LogP contribution < -0.4 is 0 Å². The summed E-state index contributed by atoms with van der Waals surface area (Å²) >= 11 is 0. The van der Waals surface area contributed by atoms with Crippen LogP contribution in [-0.2, 0) is 19.4 Å². The molecule has 1 aliphatic carbocycles. The van der Waals surface area contributed by atoms with E-state index >= 15 is 0 Å². The zero-order valence-electron chi connectivity index (χ0n) is 17.0. The molecule has 0 atom stereocenters. The Hall–Kier alpha value is -2.47. The molecule has 1 saturated carbocycles. The summed E-state index contributed by atoms with van der Waals surface area (Å²) in [6.45, 7) is 4.99. The van der Waals surface area contributed by atoms with Gasteiger partial charge in [-0.05, 0) is 50.8 Å². The van der Waals surface area contributed by atoms with Gasteiger partial charge in [-0.15, -0.1) is 0 Å². The molecule has 2 aromatic carbocycles. The monoisotopic (exact) mass is 414 g/mol. The SMILES string of the molecule is Cc1ccc(C(=O)COC(=O)C2(S(=O)(=O)c3cc(C)ccc3C)CCCC2)cc1. The molecular weight excluding hydrogens is 388 g/mol. The van der Waals surface area contributed by atoms with Gasteiger partial charge in [0.05, 0.1) is 4.90 Å². The quantitative estimate of drug-likeness (QED) is 0.525. The number of ether oxygens (including phenoxy) is 1. The smallest absolute Gasteiger partial charge is 0.328 e. The van der Waals surface area contributed by atoms with Gasteiger partial charge in [-0.25, -0.2) is 8.42 Å². The summed E-state index contributed by atoms with van der Waals surface area (Å²) in [6, 6.07) is 12.1. The number of rotatable bonds is 6. The third kappa shape index (κ3) is 3.99. The number of carbonyl (C=O) groups is 2. The van der Waals surface area contributed by atoms with E-state index in [1.54, 1.807) is 43.3 Å². The lowest BCUT2D eigenvalue weighted by Gasteiger charge is -2.27. The predicted molar refractivity (Wildman–Crippen MR) is 111 cm³/mol. The Balaban J connectivity index is 1.86. The number of hydrogen-bond donors (Lipinski definition) is 0. The van der Waals surface area contributed by atoms with Gasteiger partial charge < -0.3 is 4.74 Å². The van der Waals surface area contributed by atoms with Crippen LogP contribution in [0.25, 0.3) is 0 Å². The average Bonchev–Trinajstić information content (AvgIpc) is 3.20. The van der Waals surface area contributed by atoms with Crippen molar-refractivity contribution >= 4 is 21.6 Å². The third-order valence-corrected chi connectivity index (χ3v) is 8.26. The molecule has 1 fully saturated rings. The van der Waals surface area contributed by atoms with Crippen molar-refractivity contribution < 1.29 is 22.7 Å². The largest absolute Gasteiger partial charge is 0.456 e. The number of hydrogen-bond acceptors (Lipinski definition) is 5. The first-order valence-electron chi connectivity index (χ1n) is 9.76. The molecule has 0 saturated heterocycles. The number of ketones is 1. The lowest BCUT2D eigenvalue weighted by atomic mass is 10.1. The van der Waals surface area contributed by atoms with E-state index in [1.807, 2.05) is 19.9 Å². The maximum atomic E-state index is 13.5. The highest BCUT2D eigenvalue weighted by atomic mass is 32.2. The Morgan fingerprint density at radius 2 is 1.52 bits per heavy atom. The first-order valence-corrected chi connectivity index (χ1v) is 11.2. The second-order valence-corrected chi connectivity index (χ2v) is 10.1. The van der Waals surface area contributed by atoms with Crippen molar-refractivity contribution in [3.05, 3.63) is 64.7 Å². The van der Waals surface area contributed by atoms with E-state index in [1.165, 1.54) is 0 Å². The molecule has 29 heavy (non-hydrogen) atoms. The lowest BCUT2D eigenvalue weighted by Crippen LogP contribution is -2.46. The van der Waals surface area contributed by atoms with Crippen LogP contribution in [0.5, 0.6) is 0 Å². The minimum atomic E-state index is -3.96. The third-order valence-electron chi connectivity index (χ3n) is 5.64. The summed E-state index contributed by atoms with van der Waals surface area (Å²) < 4.78 is 30.7. The van der Waals surface area contributed by atoms with E-state index in [0.29, 0.717) is 24.0 Å². The van der Waals surface area contributed by atoms with Crippen molar-refractivity contribution in [1.82, 2.24) is 0 Å². The Morgan fingerprint density at radius 1 is 0.931 bits per heavy atom. The van der Waals surface area contributed by atoms with E-state index in [2.05, 4.69) is 0 Å². The van der Waals surface area contributed by atoms with Crippen LogP contribution in [0.1, 0.15) is 52.7 Å². The fourth-order valence-electron chi connectivity index (χ4n) is 3.82. The molecule has 0 amide bonds. The summed E-state index contributed by atoms with van der Waals surface area (Å²) in [4.78, 5) is 25.6. The Bertz CT molecular complexity index is 1030. The maximum absolute atomic E-state index is 13.5. The number of benzene rings is 2. The second-order valence-electron chi connectivity index (χ2n) is 7.84. The number of carbonyl (C=O) groups excluding carboxylic acids is 2. The van der Waals surface area contributed by atoms with Gasteiger partial charge in [0, 0.05) is 5.56 Å². The Kier molecular flexibility index (Phi) is 5.94. The summed E-state index contributed by atoms with van der Waals surface area (Å²) in [5.41, 5.74) is 2.86. The Labute approximate surface area is 172 Å². The molecule has 0 unspecified atom stereocenters. The van der Waals surface area contributed by atoms with Gasteiger partial charge in [-0.3, -0.25) is 9.59 Å². The minimum Gasteiger partial charge on any atom is -0.456 e. The van der Waals surface area contributed by atoms with Crippen LogP contribution in [0.15, 0.2) is 47.4 Å². The molecule has 1 aliphatic rings. The van der Waals surface area contributed by atoms with Crippen LogP contribution in [-0.4, -0.2) is 31.5 Å². The van der Waals surface area contributed by atoms with Crippen LogP contribution in [0, 0.1) is 20.8 Å². The van der Waals surface area contributed by atoms with Crippen molar-refractivity contribution in [2.75, 3.05) is 6.61 Å². The van der Waals surface area contributed by atoms with Gasteiger partial charge in [-0.1, -0.05) is 54.8 Å². The van der Waals surface area contributed by atoms with Crippen molar-refractivity contribution in [2.24, 2.45) is 0 Å². The lowest BCUT2D eigenvalue weighted by molar-refractivity contribution is -0.145. The average molecular weight is 415 g/mol. The standard InChI is InChI=1S/C23H26O5S/c1-16-7-10-19(11-8-16)20(24)15-28-22(25)23(12-4-5-13-23)29(26,27)21-14-17(2)6-9-18(21)3/h6-11,14H,4-5,12-13,15H2,1-3H3. The first-order chi connectivity index (χ1) is 13.7. The molecule has 154 valence electrons. The van der Waals surface area contributed by atoms with E-state index < -0.39 is 27.2 Å². The number of esters is 1. The fourth-order valence-corrected chi connectivity index (χ4v) is 6.18. The highest BCUT2D eigenvalue weighted by Crippen LogP contribution is 2.42. The summed E-state index contributed by atoms with van der Waals surface area (Å²) in [7, 11) is -3.96. The normalized spacial score (nSPS) is 15.8. The first kappa shape index (κ1) is 21.2. The molecule has 0 spiro atoms. The summed E-state index contributed by atoms with van der Waals surface area (Å²) in [5.74, 6) is -1.17. The van der Waals surface area contributed by atoms with Gasteiger partial charge in [0.2, 0.25) is 0 Å². The van der Waals surface area contributed by atoms with Crippen LogP contribution in [0.4, 0.5) is 0 Å². The minimum absolute atomic E-state index is 0.168. The molecule has 0 heterocycles. The van der Waals surface area contributed by atoms with Crippen molar-refractivity contribution in [3.8, 4) is 0 Å². The zero-order chi connectivity index (χ0) is 21.2. The predicted octanol–water partition coefficient (Wildman–Crippen LogP) is 4.12. The van der Waals surface area contributed by atoms with Crippen LogP contribution >= 0.6 is 0 Å². The highest BCUT2D eigenvalue weighted by molar-refractivity contribution is 7.93. The highest BCUT2D eigenvalue weighted by Gasteiger charge is 2.54.